The number of amides is 1. The van der Waals surface area contributed by atoms with Crippen molar-refractivity contribution in [1.29, 1.82) is 0 Å². The molecule has 0 saturated carbocycles. The van der Waals surface area contributed by atoms with Crippen molar-refractivity contribution in [2.24, 2.45) is 0 Å². The Morgan fingerprint density at radius 1 is 1.29 bits per heavy atom. The number of hydrogen-bond acceptors (Lipinski definition) is 3. The standard InChI is InChI=1S/C11H8ClF4NO3S/c12-6-1-2-8(11(13,14)15)9(3-6)17-5-7(4-10(17)18)21(16,19)20/h1-3,7H,4-5H2. The first-order valence-corrected chi connectivity index (χ1v) is 7.43. The largest absolute Gasteiger partial charge is 0.418 e. The molecule has 1 fully saturated rings. The van der Waals surface area contributed by atoms with Gasteiger partial charge in [-0.25, -0.2) is 0 Å². The van der Waals surface area contributed by atoms with Crippen LogP contribution in [0, 0.1) is 0 Å². The van der Waals surface area contributed by atoms with E-state index in [0.29, 0.717) is 11.0 Å². The van der Waals surface area contributed by atoms with Gasteiger partial charge in [0.05, 0.1) is 11.3 Å². The number of rotatable bonds is 2. The molecular formula is C11H8ClF4NO3S. The van der Waals surface area contributed by atoms with Crippen LogP contribution in [-0.2, 0) is 21.2 Å². The van der Waals surface area contributed by atoms with Crippen molar-refractivity contribution in [2.75, 3.05) is 11.4 Å². The lowest BCUT2D eigenvalue weighted by Crippen LogP contribution is -2.29. The molecule has 1 aliphatic heterocycles. The van der Waals surface area contributed by atoms with E-state index in [-0.39, 0.29) is 5.02 Å². The van der Waals surface area contributed by atoms with Gasteiger partial charge < -0.3 is 4.90 Å². The van der Waals surface area contributed by atoms with Crippen LogP contribution in [-0.4, -0.2) is 26.1 Å². The Morgan fingerprint density at radius 3 is 2.38 bits per heavy atom. The molecule has 21 heavy (non-hydrogen) atoms. The zero-order valence-electron chi connectivity index (χ0n) is 10.2. The molecule has 1 aromatic rings. The first-order valence-electron chi connectivity index (χ1n) is 5.60. The van der Waals surface area contributed by atoms with E-state index in [9.17, 15) is 30.3 Å². The van der Waals surface area contributed by atoms with E-state index >= 15 is 0 Å². The predicted octanol–water partition coefficient (Wildman–Crippen LogP) is 2.76. The fraction of sp³-hybridized carbons (Fsp3) is 0.364. The zero-order valence-corrected chi connectivity index (χ0v) is 11.8. The number of carbonyl (C=O) groups is 1. The molecule has 0 aromatic heterocycles. The van der Waals surface area contributed by atoms with Gasteiger partial charge in [-0.1, -0.05) is 11.6 Å². The van der Waals surface area contributed by atoms with Gasteiger partial charge in [-0.3, -0.25) is 4.79 Å². The van der Waals surface area contributed by atoms with E-state index in [2.05, 4.69) is 0 Å². The molecule has 1 heterocycles. The first-order chi connectivity index (χ1) is 9.50. The highest BCUT2D eigenvalue weighted by Crippen LogP contribution is 2.39. The smallest absolute Gasteiger partial charge is 0.310 e. The van der Waals surface area contributed by atoms with Crippen LogP contribution < -0.4 is 4.90 Å². The summed E-state index contributed by atoms with van der Waals surface area (Å²) >= 11 is 5.62. The Hall–Kier alpha value is -1.35. The Balaban J connectivity index is 2.48. The summed E-state index contributed by atoms with van der Waals surface area (Å²) in [7, 11) is -5.01. The summed E-state index contributed by atoms with van der Waals surface area (Å²) in [5.74, 6) is -0.908. The molecule has 2 rings (SSSR count). The van der Waals surface area contributed by atoms with Crippen LogP contribution in [0.3, 0.4) is 0 Å². The van der Waals surface area contributed by atoms with Gasteiger partial charge in [-0.2, -0.15) is 21.6 Å². The fourth-order valence-corrected chi connectivity index (χ4v) is 2.90. The lowest BCUT2D eigenvalue weighted by molar-refractivity contribution is -0.137. The third-order valence-corrected chi connectivity index (χ3v) is 4.39. The van der Waals surface area contributed by atoms with E-state index in [4.69, 9.17) is 11.6 Å². The van der Waals surface area contributed by atoms with Crippen molar-refractivity contribution < 1.29 is 30.3 Å². The molecule has 1 saturated heterocycles. The van der Waals surface area contributed by atoms with Gasteiger partial charge in [0.25, 0.3) is 0 Å². The lowest BCUT2D eigenvalue weighted by atomic mass is 10.1. The van der Waals surface area contributed by atoms with E-state index in [0.717, 1.165) is 12.1 Å². The van der Waals surface area contributed by atoms with Crippen LogP contribution >= 0.6 is 11.6 Å². The molecule has 1 amide bonds. The van der Waals surface area contributed by atoms with Crippen molar-refractivity contribution in [3.05, 3.63) is 28.8 Å². The van der Waals surface area contributed by atoms with Crippen molar-refractivity contribution in [3.8, 4) is 0 Å². The average Bonchev–Trinajstić information content (AvgIpc) is 2.69. The molecule has 0 bridgehead atoms. The highest BCUT2D eigenvalue weighted by Gasteiger charge is 2.43. The van der Waals surface area contributed by atoms with Crippen molar-refractivity contribution in [2.45, 2.75) is 17.8 Å². The number of anilines is 1. The number of alkyl halides is 3. The number of carbonyl (C=O) groups excluding carboxylic acids is 1. The van der Waals surface area contributed by atoms with Crippen molar-refractivity contribution in [1.82, 2.24) is 0 Å². The minimum atomic E-state index is -5.01. The molecule has 0 radical (unpaired) electrons. The maximum atomic E-state index is 12.9. The Morgan fingerprint density at radius 2 is 1.90 bits per heavy atom. The molecule has 0 N–H and O–H groups in total. The van der Waals surface area contributed by atoms with E-state index < -0.39 is 51.8 Å². The average molecular weight is 346 g/mol. The van der Waals surface area contributed by atoms with Crippen LogP contribution in [0.2, 0.25) is 5.02 Å². The van der Waals surface area contributed by atoms with Gasteiger partial charge in [-0.05, 0) is 18.2 Å². The number of hydrogen-bond donors (Lipinski definition) is 0. The SMILES string of the molecule is O=C1CC(S(=O)(=O)F)CN1c1cc(Cl)ccc1C(F)(F)F. The Kier molecular flexibility index (Phi) is 3.92. The molecule has 10 heteroatoms. The highest BCUT2D eigenvalue weighted by atomic mass is 35.5. The van der Waals surface area contributed by atoms with Gasteiger partial charge in [0.2, 0.25) is 5.91 Å². The third kappa shape index (κ3) is 3.29. The maximum Gasteiger partial charge on any atom is 0.418 e. The second kappa shape index (κ2) is 5.13. The maximum absolute atomic E-state index is 12.9. The molecule has 0 spiro atoms. The lowest BCUT2D eigenvalue weighted by Gasteiger charge is -2.21. The summed E-state index contributed by atoms with van der Waals surface area (Å²) in [6.45, 7) is -0.679. The summed E-state index contributed by atoms with van der Waals surface area (Å²) in [4.78, 5) is 12.3. The molecule has 0 aliphatic carbocycles. The Labute approximate surface area is 122 Å². The van der Waals surface area contributed by atoms with Crippen LogP contribution in [0.15, 0.2) is 18.2 Å². The summed E-state index contributed by atoms with van der Waals surface area (Å²) in [6.07, 6.45) is -5.46. The first kappa shape index (κ1) is 16.0. The number of benzene rings is 1. The van der Waals surface area contributed by atoms with Crippen molar-refractivity contribution in [3.63, 3.8) is 0 Å². The predicted molar refractivity (Wildman–Crippen MR) is 67.2 cm³/mol. The molecule has 1 aliphatic rings. The number of halogens is 5. The fourth-order valence-electron chi connectivity index (χ4n) is 2.06. The quantitative estimate of drug-likeness (QED) is 0.612. The van der Waals surface area contributed by atoms with Crippen LogP contribution in [0.1, 0.15) is 12.0 Å². The topological polar surface area (TPSA) is 54.5 Å². The molecule has 1 aromatic carbocycles. The van der Waals surface area contributed by atoms with Crippen LogP contribution in [0.4, 0.5) is 22.7 Å². The zero-order chi connectivity index (χ0) is 16.0. The summed E-state index contributed by atoms with van der Waals surface area (Å²) in [5, 5.41) is -1.73. The third-order valence-electron chi connectivity index (χ3n) is 3.04. The molecule has 4 nitrogen and oxygen atoms in total. The van der Waals surface area contributed by atoms with Gasteiger partial charge in [0.1, 0.15) is 5.25 Å². The van der Waals surface area contributed by atoms with Crippen LogP contribution in [0.25, 0.3) is 0 Å². The second-order valence-electron chi connectivity index (χ2n) is 4.47. The summed E-state index contributed by atoms with van der Waals surface area (Å²) in [5.41, 5.74) is -1.72. The number of nitrogens with zero attached hydrogens (tertiary/aromatic N) is 1. The summed E-state index contributed by atoms with van der Waals surface area (Å²) < 4.78 is 73.3. The van der Waals surface area contributed by atoms with Gasteiger partial charge in [0.15, 0.2) is 0 Å². The van der Waals surface area contributed by atoms with E-state index in [1.165, 1.54) is 0 Å². The van der Waals surface area contributed by atoms with E-state index in [1.54, 1.807) is 0 Å². The normalized spacial score (nSPS) is 20.1. The Bertz CT molecular complexity index is 689. The highest BCUT2D eigenvalue weighted by molar-refractivity contribution is 7.87. The minimum Gasteiger partial charge on any atom is -0.310 e. The molecule has 116 valence electrons. The van der Waals surface area contributed by atoms with Gasteiger partial charge >= 0.3 is 16.4 Å². The minimum absolute atomic E-state index is 0.0580. The molecular weight excluding hydrogens is 338 g/mol. The van der Waals surface area contributed by atoms with Gasteiger partial charge in [-0.15, -0.1) is 3.89 Å². The van der Waals surface area contributed by atoms with Crippen LogP contribution in [0.5, 0.6) is 0 Å². The second-order valence-corrected chi connectivity index (χ2v) is 6.52. The molecule has 1 unspecified atom stereocenters. The monoisotopic (exact) mass is 345 g/mol. The molecule has 1 atom stereocenters. The van der Waals surface area contributed by atoms with Gasteiger partial charge in [0, 0.05) is 18.0 Å². The summed E-state index contributed by atoms with van der Waals surface area (Å²) in [6, 6.07) is 2.58. The van der Waals surface area contributed by atoms with Crippen molar-refractivity contribution >= 4 is 33.4 Å². The van der Waals surface area contributed by atoms with E-state index in [1.807, 2.05) is 0 Å².